The molecule has 3 atom stereocenters. The molecule has 9 nitrogen and oxygen atoms in total. The van der Waals surface area contributed by atoms with Crippen LogP contribution in [0.3, 0.4) is 0 Å². The molecule has 0 aromatic heterocycles. The zero-order valence-corrected chi connectivity index (χ0v) is 19.9. The van der Waals surface area contributed by atoms with Gasteiger partial charge in [-0.15, -0.1) is 0 Å². The molecule has 12 heteroatoms. The number of rotatable bonds is 5. The fraction of sp³-hybridized carbons (Fsp3) is 0.409. The van der Waals surface area contributed by atoms with Crippen LogP contribution in [0.1, 0.15) is 18.4 Å². The lowest BCUT2D eigenvalue weighted by Gasteiger charge is -2.36. The molecule has 0 aliphatic carbocycles. The Hall–Kier alpha value is -2.60. The van der Waals surface area contributed by atoms with E-state index in [0.717, 1.165) is 16.4 Å². The van der Waals surface area contributed by atoms with Crippen LogP contribution in [0.15, 0.2) is 47.4 Å². The average Bonchev–Trinajstić information content (AvgIpc) is 3.25. The van der Waals surface area contributed by atoms with E-state index < -0.39 is 43.2 Å². The summed E-state index contributed by atoms with van der Waals surface area (Å²) in [7, 11) is -4.33. The van der Waals surface area contributed by atoms with Crippen LogP contribution < -0.4 is 5.32 Å². The number of hydrogen-bond acceptors (Lipinski definition) is 6. The van der Waals surface area contributed by atoms with Crippen molar-refractivity contribution < 1.29 is 22.5 Å². The lowest BCUT2D eigenvalue weighted by atomic mass is 9.87. The molecule has 1 amide bonds. The first-order chi connectivity index (χ1) is 16.1. The number of benzene rings is 2. The number of nitrogens with zero attached hydrogens (tertiary/aromatic N) is 3. The van der Waals surface area contributed by atoms with Gasteiger partial charge in [-0.2, -0.15) is 4.31 Å². The van der Waals surface area contributed by atoms with Gasteiger partial charge in [0.15, 0.2) is 4.90 Å². The third kappa shape index (κ3) is 4.52. The van der Waals surface area contributed by atoms with Gasteiger partial charge in [-0.25, -0.2) is 12.8 Å². The number of carbonyl (C=O) groups excluding carboxylic acids is 1. The summed E-state index contributed by atoms with van der Waals surface area (Å²) in [5.74, 6) is -2.53. The number of nitro groups is 1. The third-order valence-electron chi connectivity index (χ3n) is 6.43. The van der Waals surface area contributed by atoms with Gasteiger partial charge >= 0.3 is 0 Å². The molecular weight excluding hydrogens is 487 g/mol. The molecule has 2 heterocycles. The highest BCUT2D eigenvalue weighted by Gasteiger charge is 2.47. The van der Waals surface area contributed by atoms with E-state index in [1.54, 1.807) is 4.90 Å². The quantitative estimate of drug-likeness (QED) is 0.488. The van der Waals surface area contributed by atoms with Gasteiger partial charge in [0.05, 0.1) is 10.8 Å². The number of piperazine rings is 1. The van der Waals surface area contributed by atoms with Gasteiger partial charge in [0, 0.05) is 55.8 Å². The molecule has 0 radical (unpaired) electrons. The smallest absolute Gasteiger partial charge is 0.289 e. The zero-order valence-electron chi connectivity index (χ0n) is 18.4. The van der Waals surface area contributed by atoms with E-state index >= 15 is 0 Å². The van der Waals surface area contributed by atoms with E-state index in [9.17, 15) is 27.7 Å². The highest BCUT2D eigenvalue weighted by atomic mass is 35.5. The first-order valence-electron chi connectivity index (χ1n) is 10.8. The summed E-state index contributed by atoms with van der Waals surface area (Å²) in [5.41, 5.74) is -0.368. The largest absolute Gasteiger partial charge is 0.337 e. The molecule has 182 valence electrons. The molecule has 2 saturated heterocycles. The second-order valence-corrected chi connectivity index (χ2v) is 10.9. The lowest BCUT2D eigenvalue weighted by Crippen LogP contribution is -2.54. The number of nitro benzene ring substituents is 1. The van der Waals surface area contributed by atoms with Crippen LogP contribution in [0, 0.1) is 21.8 Å². The highest BCUT2D eigenvalue weighted by molar-refractivity contribution is 7.89. The maximum absolute atomic E-state index is 14.9. The van der Waals surface area contributed by atoms with Gasteiger partial charge in [0.25, 0.3) is 5.69 Å². The molecule has 1 N–H and O–H groups in total. The molecule has 0 unspecified atom stereocenters. The predicted molar refractivity (Wildman–Crippen MR) is 124 cm³/mol. The summed E-state index contributed by atoms with van der Waals surface area (Å²) in [6.45, 7) is 3.13. The minimum Gasteiger partial charge on any atom is -0.337 e. The number of amides is 1. The van der Waals surface area contributed by atoms with E-state index in [4.69, 9.17) is 11.6 Å². The van der Waals surface area contributed by atoms with E-state index in [2.05, 4.69) is 5.32 Å². The van der Waals surface area contributed by atoms with Crippen LogP contribution in [-0.4, -0.2) is 67.2 Å². The van der Waals surface area contributed by atoms with Crippen molar-refractivity contribution in [2.24, 2.45) is 5.92 Å². The maximum Gasteiger partial charge on any atom is 0.289 e. The number of nitrogens with one attached hydrogen (secondary N) is 1. The SMILES string of the molecule is C[C@H]1CNCCN1C(=O)[C@@H]1CN(S(=O)(=O)c2ccccc2[N+](=O)[O-])C[C@H]1c1ccc(Cl)cc1F. The Labute approximate surface area is 201 Å². The zero-order chi connectivity index (χ0) is 24.6. The maximum atomic E-state index is 14.9. The first kappa shape index (κ1) is 24.5. The van der Waals surface area contributed by atoms with Crippen molar-refractivity contribution in [2.45, 2.75) is 23.8 Å². The summed E-state index contributed by atoms with van der Waals surface area (Å²) in [6.07, 6.45) is 0. The van der Waals surface area contributed by atoms with Crippen molar-refractivity contribution >= 4 is 33.2 Å². The summed E-state index contributed by atoms with van der Waals surface area (Å²) in [4.78, 5) is 25.5. The molecule has 2 aromatic rings. The standard InChI is InChI=1S/C22H24ClFN4O5S/c1-14-11-25-8-9-27(14)22(29)18-13-26(12-17(18)16-7-6-15(23)10-19(16)24)34(32,33)21-5-3-2-4-20(21)28(30)31/h2-7,10,14,17-18,25H,8-9,11-13H2,1H3/t14-,17-,18+/m0/s1. The number of halogens is 2. The molecule has 0 bridgehead atoms. The van der Waals surface area contributed by atoms with Crippen molar-refractivity contribution in [3.05, 3.63) is 69.0 Å². The van der Waals surface area contributed by atoms with Crippen LogP contribution in [0.25, 0.3) is 0 Å². The summed E-state index contributed by atoms with van der Waals surface area (Å²) in [5, 5.41) is 14.8. The van der Waals surface area contributed by atoms with Crippen molar-refractivity contribution in [1.82, 2.24) is 14.5 Å². The lowest BCUT2D eigenvalue weighted by molar-refractivity contribution is -0.387. The molecule has 2 aliphatic rings. The first-order valence-corrected chi connectivity index (χ1v) is 12.6. The Morgan fingerprint density at radius 2 is 1.97 bits per heavy atom. The van der Waals surface area contributed by atoms with Gasteiger partial charge in [-0.1, -0.05) is 29.8 Å². The van der Waals surface area contributed by atoms with Crippen molar-refractivity contribution in [2.75, 3.05) is 32.7 Å². The Kier molecular flexibility index (Phi) is 6.90. The normalized spacial score (nSPS) is 23.7. The molecule has 2 fully saturated rings. The van der Waals surface area contributed by atoms with Gasteiger partial charge in [0.1, 0.15) is 5.82 Å². The molecule has 0 saturated carbocycles. The van der Waals surface area contributed by atoms with Crippen LogP contribution in [-0.2, 0) is 14.8 Å². The summed E-state index contributed by atoms with van der Waals surface area (Å²) < 4.78 is 42.9. The average molecular weight is 511 g/mol. The van der Waals surface area contributed by atoms with Crippen LogP contribution in [0.4, 0.5) is 10.1 Å². The number of sulfonamides is 1. The van der Waals surface area contributed by atoms with Gasteiger partial charge in [-0.3, -0.25) is 14.9 Å². The number of hydrogen-bond donors (Lipinski definition) is 1. The Morgan fingerprint density at radius 1 is 1.24 bits per heavy atom. The third-order valence-corrected chi connectivity index (χ3v) is 8.54. The van der Waals surface area contributed by atoms with Gasteiger partial charge < -0.3 is 10.2 Å². The molecular formula is C22H24ClFN4O5S. The summed E-state index contributed by atoms with van der Waals surface area (Å²) >= 11 is 5.90. The summed E-state index contributed by atoms with van der Waals surface area (Å²) in [6, 6.07) is 9.04. The minimum absolute atomic E-state index is 0.113. The fourth-order valence-corrected chi connectivity index (χ4v) is 6.49. The second-order valence-electron chi connectivity index (χ2n) is 8.51. The molecule has 2 aromatic carbocycles. The van der Waals surface area contributed by atoms with E-state index in [-0.39, 0.29) is 35.6 Å². The topological polar surface area (TPSA) is 113 Å². The van der Waals surface area contributed by atoms with Crippen LogP contribution in [0.2, 0.25) is 5.02 Å². The monoisotopic (exact) mass is 510 g/mol. The Balaban J connectivity index is 1.74. The number of carbonyl (C=O) groups is 1. The van der Waals surface area contributed by atoms with Crippen molar-refractivity contribution in [1.29, 1.82) is 0 Å². The Morgan fingerprint density at radius 3 is 2.65 bits per heavy atom. The van der Waals surface area contributed by atoms with E-state index in [1.165, 1.54) is 30.3 Å². The van der Waals surface area contributed by atoms with Crippen molar-refractivity contribution in [3.8, 4) is 0 Å². The fourth-order valence-electron chi connectivity index (χ4n) is 4.68. The predicted octanol–water partition coefficient (Wildman–Crippen LogP) is 2.61. The van der Waals surface area contributed by atoms with E-state index in [0.29, 0.717) is 19.6 Å². The van der Waals surface area contributed by atoms with Crippen LogP contribution in [0.5, 0.6) is 0 Å². The Bertz CT molecular complexity index is 1230. The molecule has 4 rings (SSSR count). The minimum atomic E-state index is -4.33. The molecule has 2 aliphatic heterocycles. The van der Waals surface area contributed by atoms with Crippen molar-refractivity contribution in [3.63, 3.8) is 0 Å². The second kappa shape index (κ2) is 9.57. The van der Waals surface area contributed by atoms with Crippen LogP contribution >= 0.6 is 11.6 Å². The number of para-hydroxylation sites is 1. The van der Waals surface area contributed by atoms with Gasteiger partial charge in [0.2, 0.25) is 15.9 Å². The molecule has 0 spiro atoms. The van der Waals surface area contributed by atoms with Gasteiger partial charge in [-0.05, 0) is 30.7 Å². The highest BCUT2D eigenvalue weighted by Crippen LogP contribution is 2.40. The molecule has 34 heavy (non-hydrogen) atoms. The van der Waals surface area contributed by atoms with E-state index in [1.807, 2.05) is 6.92 Å².